The normalized spacial score (nSPS) is 10.8. The van der Waals surface area contributed by atoms with Crippen LogP contribution in [0.3, 0.4) is 0 Å². The fourth-order valence-corrected chi connectivity index (χ4v) is 4.55. The number of carbonyl (C=O) groups is 2. The van der Waals surface area contributed by atoms with Crippen molar-refractivity contribution in [2.75, 3.05) is 11.5 Å². The van der Waals surface area contributed by atoms with E-state index >= 15 is 0 Å². The first kappa shape index (κ1) is 25.0. The summed E-state index contributed by atoms with van der Waals surface area (Å²) in [4.78, 5) is 26.9. The fraction of sp³-hybridized carbons (Fsp3) is 0.148. The summed E-state index contributed by atoms with van der Waals surface area (Å²) in [7, 11) is 0. The summed E-state index contributed by atoms with van der Waals surface area (Å²) in [6, 6.07) is 20.7. The highest BCUT2D eigenvalue weighted by molar-refractivity contribution is 7.99. The van der Waals surface area contributed by atoms with Crippen molar-refractivity contribution in [1.82, 2.24) is 5.16 Å². The van der Waals surface area contributed by atoms with Gasteiger partial charge < -0.3 is 14.4 Å². The molecule has 0 saturated carbocycles. The van der Waals surface area contributed by atoms with Gasteiger partial charge in [0.25, 0.3) is 0 Å². The van der Waals surface area contributed by atoms with Crippen LogP contribution in [0, 0.1) is 12.7 Å². The molecule has 0 unspecified atom stereocenters. The Kier molecular flexibility index (Phi) is 7.70. The maximum absolute atomic E-state index is 14.7. The van der Waals surface area contributed by atoms with Crippen LogP contribution in [0.25, 0.3) is 11.3 Å². The molecule has 4 aromatic rings. The molecule has 1 aromatic heterocycles. The van der Waals surface area contributed by atoms with Gasteiger partial charge in [-0.15, -0.1) is 0 Å². The summed E-state index contributed by atoms with van der Waals surface area (Å²) in [5.41, 5.74) is 2.07. The van der Waals surface area contributed by atoms with Crippen molar-refractivity contribution in [2.45, 2.75) is 30.1 Å². The highest BCUT2D eigenvalue weighted by Crippen LogP contribution is 2.40. The zero-order chi connectivity index (χ0) is 25.7. The van der Waals surface area contributed by atoms with Gasteiger partial charge in [-0.2, -0.15) is 0 Å². The van der Waals surface area contributed by atoms with Crippen LogP contribution in [0.5, 0.6) is 0 Å². The van der Waals surface area contributed by atoms with Crippen molar-refractivity contribution in [3.8, 4) is 11.3 Å². The van der Waals surface area contributed by atoms with Crippen LogP contribution in [-0.4, -0.2) is 28.9 Å². The molecule has 1 amide bonds. The zero-order valence-electron chi connectivity index (χ0n) is 19.6. The van der Waals surface area contributed by atoms with Crippen LogP contribution >= 0.6 is 11.8 Å². The van der Waals surface area contributed by atoms with Crippen LogP contribution in [-0.2, 0) is 16.0 Å². The zero-order valence-corrected chi connectivity index (χ0v) is 20.4. The summed E-state index contributed by atoms with van der Waals surface area (Å²) in [5.74, 6) is -1.18. The number of carboxylic acid groups (broad SMARTS) is 1. The Hall–Kier alpha value is -4.11. The van der Waals surface area contributed by atoms with Gasteiger partial charge in [-0.1, -0.05) is 41.2 Å². The lowest BCUT2D eigenvalue weighted by atomic mass is 10.1. The van der Waals surface area contributed by atoms with E-state index in [1.807, 2.05) is 42.5 Å². The molecule has 3 aromatic carbocycles. The monoisotopic (exact) mass is 506 g/mol. The number of amides is 1. The Bertz CT molecular complexity index is 1390. The van der Waals surface area contributed by atoms with Gasteiger partial charge in [-0.25, -0.2) is 14.1 Å². The predicted molar refractivity (Wildman–Crippen MR) is 134 cm³/mol. The van der Waals surface area contributed by atoms with Crippen LogP contribution in [0.15, 0.2) is 87.1 Å². The number of aromatic nitrogens is 1. The minimum atomic E-state index is -0.882. The van der Waals surface area contributed by atoms with Gasteiger partial charge in [-0.3, -0.25) is 4.79 Å². The molecule has 1 heterocycles. The molecule has 0 spiro atoms. The lowest BCUT2D eigenvalue weighted by Gasteiger charge is -2.22. The third-order valence-corrected chi connectivity index (χ3v) is 6.20. The summed E-state index contributed by atoms with van der Waals surface area (Å²) in [6.07, 6.45) is -0.788. The van der Waals surface area contributed by atoms with E-state index in [4.69, 9.17) is 14.4 Å². The number of nitrogens with zero attached hydrogens (tertiary/aromatic N) is 2. The second kappa shape index (κ2) is 11.1. The number of anilines is 2. The minimum absolute atomic E-state index is 0.0249. The third kappa shape index (κ3) is 5.58. The van der Waals surface area contributed by atoms with E-state index in [9.17, 15) is 14.0 Å². The lowest BCUT2D eigenvalue weighted by molar-refractivity contribution is -0.136. The number of carbonyl (C=O) groups excluding carboxylic acids is 1. The summed E-state index contributed by atoms with van der Waals surface area (Å²) >= 11 is 1.49. The maximum atomic E-state index is 14.7. The molecular weight excluding hydrogens is 483 g/mol. The number of hydrogen-bond donors (Lipinski definition) is 1. The molecule has 0 bridgehead atoms. The number of hydrogen-bond acceptors (Lipinski definition) is 6. The van der Waals surface area contributed by atoms with Gasteiger partial charge in [-0.05, 0) is 67.9 Å². The van der Waals surface area contributed by atoms with E-state index in [1.165, 1.54) is 30.0 Å². The largest absolute Gasteiger partial charge is 0.481 e. The molecule has 0 aliphatic rings. The van der Waals surface area contributed by atoms with Crippen LogP contribution < -0.4 is 4.90 Å². The number of rotatable bonds is 8. The first-order chi connectivity index (χ1) is 17.4. The van der Waals surface area contributed by atoms with E-state index < -0.39 is 17.9 Å². The quantitative estimate of drug-likeness (QED) is 0.279. The molecule has 36 heavy (non-hydrogen) atoms. The van der Waals surface area contributed by atoms with Crippen LogP contribution in [0.2, 0.25) is 0 Å². The Morgan fingerprint density at radius 2 is 1.81 bits per heavy atom. The maximum Gasteiger partial charge on any atom is 0.419 e. The van der Waals surface area contributed by atoms with Crippen molar-refractivity contribution in [1.29, 1.82) is 0 Å². The second-order valence-electron chi connectivity index (χ2n) is 7.78. The van der Waals surface area contributed by atoms with Gasteiger partial charge in [0.15, 0.2) is 5.76 Å². The first-order valence-electron chi connectivity index (χ1n) is 11.1. The lowest BCUT2D eigenvalue weighted by Crippen LogP contribution is -2.28. The number of carboxylic acids is 1. The van der Waals surface area contributed by atoms with Crippen molar-refractivity contribution < 1.29 is 28.3 Å². The molecule has 9 heteroatoms. The fourth-order valence-electron chi connectivity index (χ4n) is 3.65. The van der Waals surface area contributed by atoms with Gasteiger partial charge >= 0.3 is 12.1 Å². The number of ether oxygens (including phenoxy) is 1. The standard InChI is InChI=1S/C27H23FN2O5S/c1-3-34-27(33)30(23-10-5-4-9-22(23)28)25-17(2)29-35-26(25)19-11-13-20(14-12-19)36-21-8-6-7-18(15-21)16-24(31)32/h4-15H,3,16H2,1-2H3,(H,31,32). The predicted octanol–water partition coefficient (Wildman–Crippen LogP) is 6.86. The highest BCUT2D eigenvalue weighted by atomic mass is 32.2. The molecule has 184 valence electrons. The molecule has 0 atom stereocenters. The Balaban J connectivity index is 1.66. The Morgan fingerprint density at radius 1 is 1.06 bits per heavy atom. The van der Waals surface area contributed by atoms with Crippen LogP contribution in [0.1, 0.15) is 18.2 Å². The second-order valence-corrected chi connectivity index (χ2v) is 8.92. The molecular formula is C27H23FN2O5S. The minimum Gasteiger partial charge on any atom is -0.481 e. The third-order valence-electron chi connectivity index (χ3n) is 5.20. The number of aliphatic carboxylic acids is 1. The highest BCUT2D eigenvalue weighted by Gasteiger charge is 2.30. The summed E-state index contributed by atoms with van der Waals surface area (Å²) < 4.78 is 25.5. The Labute approximate surface area is 211 Å². The van der Waals surface area contributed by atoms with E-state index in [-0.39, 0.29) is 18.7 Å². The van der Waals surface area contributed by atoms with Crippen molar-refractivity contribution in [3.05, 3.63) is 89.9 Å². The van der Waals surface area contributed by atoms with E-state index in [0.29, 0.717) is 22.7 Å². The average Bonchev–Trinajstić information content (AvgIpc) is 3.22. The topological polar surface area (TPSA) is 92.9 Å². The van der Waals surface area contributed by atoms with Gasteiger partial charge in [0, 0.05) is 15.4 Å². The van der Waals surface area contributed by atoms with Crippen molar-refractivity contribution in [2.24, 2.45) is 0 Å². The molecule has 7 nitrogen and oxygen atoms in total. The molecule has 0 saturated heterocycles. The molecule has 4 rings (SSSR count). The van der Waals surface area contributed by atoms with Gasteiger partial charge in [0.1, 0.15) is 17.2 Å². The molecule has 0 aliphatic carbocycles. The van der Waals surface area contributed by atoms with Crippen molar-refractivity contribution in [3.63, 3.8) is 0 Å². The van der Waals surface area contributed by atoms with E-state index in [0.717, 1.165) is 20.3 Å². The number of halogens is 1. The van der Waals surface area contributed by atoms with Gasteiger partial charge in [0.05, 0.1) is 18.7 Å². The van der Waals surface area contributed by atoms with E-state index in [2.05, 4.69) is 5.16 Å². The van der Waals surface area contributed by atoms with E-state index in [1.54, 1.807) is 26.0 Å². The first-order valence-corrected chi connectivity index (χ1v) is 12.0. The summed E-state index contributed by atoms with van der Waals surface area (Å²) in [6.45, 7) is 3.46. The summed E-state index contributed by atoms with van der Waals surface area (Å²) in [5, 5.41) is 13.1. The van der Waals surface area contributed by atoms with Crippen molar-refractivity contribution >= 4 is 35.2 Å². The molecule has 0 radical (unpaired) electrons. The van der Waals surface area contributed by atoms with Gasteiger partial charge in [0.2, 0.25) is 0 Å². The number of benzene rings is 3. The molecule has 0 aliphatic heterocycles. The molecule has 0 fully saturated rings. The Morgan fingerprint density at radius 3 is 2.50 bits per heavy atom. The number of aryl methyl sites for hydroxylation is 1. The number of para-hydroxylation sites is 1. The SMILES string of the molecule is CCOC(=O)N(c1ccccc1F)c1c(C)noc1-c1ccc(Sc2cccc(CC(=O)O)c2)cc1. The van der Waals surface area contributed by atoms with Crippen LogP contribution in [0.4, 0.5) is 20.6 Å². The smallest absolute Gasteiger partial charge is 0.419 e. The molecule has 1 N–H and O–H groups in total. The average molecular weight is 507 g/mol.